The zero-order chi connectivity index (χ0) is 23.0. The van der Waals surface area contributed by atoms with Crippen molar-refractivity contribution in [1.82, 2.24) is 14.9 Å². The van der Waals surface area contributed by atoms with E-state index in [2.05, 4.69) is 30.8 Å². The number of aromatic nitrogens is 2. The summed E-state index contributed by atoms with van der Waals surface area (Å²) in [6, 6.07) is 8.60. The summed E-state index contributed by atoms with van der Waals surface area (Å²) in [5, 5.41) is 15.2. The van der Waals surface area contributed by atoms with Gasteiger partial charge in [-0.05, 0) is 71.6 Å². The van der Waals surface area contributed by atoms with Gasteiger partial charge in [0.05, 0.1) is 10.5 Å². The molecule has 0 aliphatic carbocycles. The van der Waals surface area contributed by atoms with Gasteiger partial charge in [0, 0.05) is 10.0 Å². The van der Waals surface area contributed by atoms with E-state index in [9.17, 15) is 18.5 Å². The Hall–Kier alpha value is -2.81. The molecule has 2 N–H and O–H groups in total. The van der Waals surface area contributed by atoms with Crippen molar-refractivity contribution in [1.29, 1.82) is 5.26 Å². The van der Waals surface area contributed by atoms with Crippen LogP contribution in [0.5, 0.6) is 0 Å². The first-order chi connectivity index (χ1) is 14.6. The summed E-state index contributed by atoms with van der Waals surface area (Å²) in [6.45, 7) is 5.01. The molecule has 0 aliphatic rings. The van der Waals surface area contributed by atoms with Gasteiger partial charge < -0.3 is 4.42 Å². The minimum Gasteiger partial charge on any atom is -0.390 e. The van der Waals surface area contributed by atoms with Crippen molar-refractivity contribution in [2.75, 3.05) is 0 Å². The van der Waals surface area contributed by atoms with Gasteiger partial charge in [-0.1, -0.05) is 13.0 Å². The highest BCUT2D eigenvalue weighted by Crippen LogP contribution is 2.38. The van der Waals surface area contributed by atoms with Gasteiger partial charge in [0.15, 0.2) is 0 Å². The van der Waals surface area contributed by atoms with Gasteiger partial charge in [-0.3, -0.25) is 0 Å². The Bertz CT molecular complexity index is 1360. The fourth-order valence-corrected chi connectivity index (χ4v) is 5.13. The van der Waals surface area contributed by atoms with E-state index in [-0.39, 0.29) is 28.3 Å². The third kappa shape index (κ3) is 4.06. The molecule has 0 radical (unpaired) electrons. The fourth-order valence-electron chi connectivity index (χ4n) is 3.37. The van der Waals surface area contributed by atoms with Gasteiger partial charge in [0.25, 0.3) is 0 Å². The Labute approximate surface area is 186 Å². The number of benzene rings is 2. The molecule has 0 saturated carbocycles. The summed E-state index contributed by atoms with van der Waals surface area (Å²) in [4.78, 5) is 11.5. The highest BCUT2D eigenvalue weighted by molar-refractivity contribution is 9.10. The number of hydrogen-bond donors (Lipinski definition) is 2. The molecule has 1 heterocycles. The molecule has 2 aromatic carbocycles. The summed E-state index contributed by atoms with van der Waals surface area (Å²) in [6.07, 6.45) is -0.0249. The summed E-state index contributed by atoms with van der Waals surface area (Å²) >= 11 is 3.18. The quantitative estimate of drug-likeness (QED) is 0.524. The third-order valence-electron chi connectivity index (χ3n) is 5.12. The number of rotatable bonds is 6. The lowest BCUT2D eigenvalue weighted by atomic mass is 9.83. The average Bonchev–Trinajstić information content (AvgIpc) is 3.17. The largest absolute Gasteiger partial charge is 0.434 e. The van der Waals surface area contributed by atoms with Gasteiger partial charge in [-0.25, -0.2) is 22.7 Å². The van der Waals surface area contributed by atoms with Crippen LogP contribution >= 0.6 is 15.9 Å². The van der Waals surface area contributed by atoms with E-state index in [1.54, 1.807) is 26.8 Å². The second kappa shape index (κ2) is 8.37. The molecule has 1 atom stereocenters. The smallest absolute Gasteiger partial charge is 0.390 e. The number of aromatic amines is 1. The number of H-pyrrole nitrogens is 1. The molecular formula is C20H18BrFN4O4S. The van der Waals surface area contributed by atoms with E-state index >= 15 is 4.39 Å². The van der Waals surface area contributed by atoms with Crippen LogP contribution in [0.4, 0.5) is 4.39 Å². The molecule has 3 rings (SSSR count). The maximum atomic E-state index is 15.1. The molecule has 0 amide bonds. The second-order valence-electron chi connectivity index (χ2n) is 6.90. The normalized spacial score (nSPS) is 13.5. The Morgan fingerprint density at radius 2 is 2.03 bits per heavy atom. The second-order valence-corrected chi connectivity index (χ2v) is 9.44. The van der Waals surface area contributed by atoms with Crippen molar-refractivity contribution in [3.63, 3.8) is 0 Å². The maximum absolute atomic E-state index is 15.1. The van der Waals surface area contributed by atoms with Crippen LogP contribution < -0.4 is 10.5 Å². The van der Waals surface area contributed by atoms with Crippen LogP contribution in [-0.4, -0.2) is 18.6 Å². The molecule has 11 heteroatoms. The van der Waals surface area contributed by atoms with Crippen molar-refractivity contribution in [2.24, 2.45) is 0 Å². The summed E-state index contributed by atoms with van der Waals surface area (Å²) in [5.41, 5.74) is -0.538. The van der Waals surface area contributed by atoms with Gasteiger partial charge in [0.1, 0.15) is 17.4 Å². The van der Waals surface area contributed by atoms with Crippen LogP contribution in [0.2, 0.25) is 0 Å². The van der Waals surface area contributed by atoms with Crippen LogP contribution in [0.3, 0.4) is 0 Å². The molecule has 8 nitrogen and oxygen atoms in total. The highest BCUT2D eigenvalue weighted by atomic mass is 79.9. The molecule has 1 unspecified atom stereocenters. The van der Waals surface area contributed by atoms with Crippen molar-refractivity contribution in [2.45, 2.75) is 37.6 Å². The summed E-state index contributed by atoms with van der Waals surface area (Å²) in [5.74, 6) is -1.92. The maximum Gasteiger partial charge on any atom is 0.434 e. The Morgan fingerprint density at radius 3 is 2.61 bits per heavy atom. The lowest BCUT2D eigenvalue weighted by Gasteiger charge is -2.32. The van der Waals surface area contributed by atoms with Crippen molar-refractivity contribution in [3.8, 4) is 6.07 Å². The predicted octanol–water partition coefficient (Wildman–Crippen LogP) is 3.39. The van der Waals surface area contributed by atoms with Crippen molar-refractivity contribution >= 4 is 26.0 Å². The van der Waals surface area contributed by atoms with Crippen molar-refractivity contribution in [3.05, 3.63) is 79.3 Å². The third-order valence-corrected chi connectivity index (χ3v) is 7.31. The molecule has 0 fully saturated rings. The summed E-state index contributed by atoms with van der Waals surface area (Å²) in [7, 11) is -4.32. The molecule has 3 aromatic rings. The first-order valence-electron chi connectivity index (χ1n) is 9.11. The minimum absolute atomic E-state index is 0.00792. The monoisotopic (exact) mass is 508 g/mol. The molecule has 162 valence electrons. The number of nitriles is 1. The van der Waals surface area contributed by atoms with E-state index in [1.165, 1.54) is 24.3 Å². The molecule has 1 aromatic heterocycles. The van der Waals surface area contributed by atoms with Crippen LogP contribution in [-0.2, 0) is 15.6 Å². The number of nitrogens with one attached hydrogen (secondary N) is 2. The van der Waals surface area contributed by atoms with Crippen LogP contribution in [0, 0.1) is 31.0 Å². The SMILES string of the molecule is CCC(NS(=O)(=O)c1ccc(Br)c(C#N)c1)(c1n[nH]c(=O)o1)c1c(F)ccc(C)c1C. The zero-order valence-electron chi connectivity index (χ0n) is 16.8. The molecule has 0 spiro atoms. The summed E-state index contributed by atoms with van der Waals surface area (Å²) < 4.78 is 49.8. The number of aryl methyl sites for hydroxylation is 1. The number of nitrogens with zero attached hydrogens (tertiary/aromatic N) is 2. The Kier molecular flexibility index (Phi) is 6.18. The highest BCUT2D eigenvalue weighted by Gasteiger charge is 2.45. The fraction of sp³-hybridized carbons (Fsp3) is 0.250. The Balaban J connectivity index is 2.30. The van der Waals surface area contributed by atoms with E-state index in [0.717, 1.165) is 0 Å². The minimum atomic E-state index is -4.32. The van der Waals surface area contributed by atoms with Crippen LogP contribution in [0.15, 0.2) is 48.9 Å². The molecule has 31 heavy (non-hydrogen) atoms. The lowest BCUT2D eigenvalue weighted by Crippen LogP contribution is -2.48. The molecular weight excluding hydrogens is 491 g/mol. The molecule has 0 saturated heterocycles. The topological polar surface area (TPSA) is 129 Å². The van der Waals surface area contributed by atoms with E-state index in [1.807, 2.05) is 6.07 Å². The van der Waals surface area contributed by atoms with Gasteiger partial charge >= 0.3 is 5.76 Å². The first-order valence-corrected chi connectivity index (χ1v) is 11.4. The predicted molar refractivity (Wildman–Crippen MR) is 113 cm³/mol. The Morgan fingerprint density at radius 1 is 1.32 bits per heavy atom. The van der Waals surface area contributed by atoms with E-state index in [0.29, 0.717) is 15.6 Å². The first kappa shape index (κ1) is 22.9. The van der Waals surface area contributed by atoms with E-state index in [4.69, 9.17) is 4.42 Å². The standard InChI is InChI=1S/C20H18BrFN4O4S/c1-4-20(18-24-25-19(27)30-18,17-12(3)11(2)5-8-16(17)22)26-31(28,29)14-6-7-15(21)13(9-14)10-23/h5-9,26H,4H2,1-3H3,(H,25,27). The van der Waals surface area contributed by atoms with Crippen LogP contribution in [0.1, 0.15) is 41.5 Å². The van der Waals surface area contributed by atoms with Gasteiger partial charge in [-0.15, -0.1) is 5.10 Å². The number of sulfonamides is 1. The van der Waals surface area contributed by atoms with Crippen LogP contribution in [0.25, 0.3) is 0 Å². The van der Waals surface area contributed by atoms with Crippen molar-refractivity contribution < 1.29 is 17.2 Å². The molecule has 0 bridgehead atoms. The lowest BCUT2D eigenvalue weighted by molar-refractivity contribution is 0.319. The molecule has 0 aliphatic heterocycles. The number of hydrogen-bond acceptors (Lipinski definition) is 6. The van der Waals surface area contributed by atoms with Gasteiger partial charge in [0.2, 0.25) is 15.9 Å². The van der Waals surface area contributed by atoms with E-state index < -0.39 is 27.1 Å². The average molecular weight is 509 g/mol. The number of halogens is 2. The zero-order valence-corrected chi connectivity index (χ0v) is 19.2. The van der Waals surface area contributed by atoms with Gasteiger partial charge in [-0.2, -0.15) is 9.98 Å².